The summed E-state index contributed by atoms with van der Waals surface area (Å²) in [5.74, 6) is 0.970. The fourth-order valence-electron chi connectivity index (χ4n) is 2.90. The number of aliphatic imine (C=N–C) groups is 1. The summed E-state index contributed by atoms with van der Waals surface area (Å²) in [6.45, 7) is 12.4. The zero-order chi connectivity index (χ0) is 25.4. The zero-order valence-electron chi connectivity index (χ0n) is 21.1. The molecule has 1 aromatic carbocycles. The molecule has 0 unspecified atom stereocenters. The van der Waals surface area contributed by atoms with Gasteiger partial charge in [-0.25, -0.2) is 0 Å². The third-order valence-electron chi connectivity index (χ3n) is 4.84. The van der Waals surface area contributed by atoms with Crippen molar-refractivity contribution in [3.8, 4) is 5.75 Å². The largest absolute Gasteiger partial charge is 0.573 e. The number of para-hydroxylation sites is 1. The Kier molecular flexibility index (Phi) is 17.4. The molecular formula is C26H43F3N2O3. The minimum Gasteiger partial charge on any atom is -0.412 e. The number of benzene rings is 1. The highest BCUT2D eigenvalue weighted by atomic mass is 19.4. The highest BCUT2D eigenvalue weighted by molar-refractivity contribution is 6.02. The Morgan fingerprint density at radius 3 is 2.15 bits per heavy atom. The minimum atomic E-state index is -4.61. The van der Waals surface area contributed by atoms with E-state index in [1.54, 1.807) is 19.1 Å². The quantitative estimate of drug-likeness (QED) is 0.426. The summed E-state index contributed by atoms with van der Waals surface area (Å²) in [6.07, 6.45) is 2.90. The fourth-order valence-corrected chi connectivity index (χ4v) is 2.90. The molecule has 1 aromatic heterocycles. The fraction of sp³-hybridized carbons (Fsp3) is 0.500. The summed E-state index contributed by atoms with van der Waals surface area (Å²) < 4.78 is 39.3. The zero-order valence-corrected chi connectivity index (χ0v) is 21.1. The Morgan fingerprint density at radius 1 is 1.18 bits per heavy atom. The number of halogens is 3. The number of nitrogens with zero attached hydrogens (tertiary/aromatic N) is 2. The lowest BCUT2D eigenvalue weighted by Crippen LogP contribution is -2.17. The number of carbonyl (C=O) groups excluding carboxylic acids is 1. The van der Waals surface area contributed by atoms with E-state index in [2.05, 4.69) is 35.5 Å². The third kappa shape index (κ3) is 13.7. The van der Waals surface area contributed by atoms with Crippen molar-refractivity contribution in [3.63, 3.8) is 0 Å². The van der Waals surface area contributed by atoms with Crippen LogP contribution in [0, 0.1) is 19.8 Å². The number of rotatable bonds is 5. The molecule has 0 radical (unpaired) electrons. The highest BCUT2D eigenvalue weighted by Gasteiger charge is 2.31. The summed E-state index contributed by atoms with van der Waals surface area (Å²) in [7, 11) is 1.86. The summed E-state index contributed by atoms with van der Waals surface area (Å²) in [5.41, 5.74) is 5.32. The van der Waals surface area contributed by atoms with Crippen molar-refractivity contribution < 1.29 is 31.0 Å². The van der Waals surface area contributed by atoms with Gasteiger partial charge in [0.1, 0.15) is 12.5 Å². The first-order chi connectivity index (χ1) is 15.6. The molecule has 0 aliphatic heterocycles. The topological polar surface area (TPSA) is 83.0 Å². The summed E-state index contributed by atoms with van der Waals surface area (Å²) >= 11 is 0. The predicted molar refractivity (Wildman–Crippen MR) is 137 cm³/mol. The van der Waals surface area contributed by atoms with Gasteiger partial charge in [-0.05, 0) is 55.9 Å². The SMILES string of the molecule is C=O.CC1CC1.CCCC(=NC)c1c(C)ccnc1C.CCc1ccccc1OC(F)(F)F.O.[HH].[HH]. The van der Waals surface area contributed by atoms with E-state index in [0.717, 1.165) is 24.5 Å². The predicted octanol–water partition coefficient (Wildman–Crippen LogP) is 6.96. The van der Waals surface area contributed by atoms with Crippen molar-refractivity contribution >= 4 is 12.5 Å². The lowest BCUT2D eigenvalue weighted by atomic mass is 10.00. The van der Waals surface area contributed by atoms with E-state index >= 15 is 0 Å². The maximum absolute atomic E-state index is 11.8. The molecule has 2 N–H and O–H groups in total. The van der Waals surface area contributed by atoms with E-state index in [0.29, 0.717) is 12.0 Å². The Bertz CT molecular complexity index is 842. The van der Waals surface area contributed by atoms with E-state index in [9.17, 15) is 13.2 Å². The number of aryl methyl sites for hydroxylation is 3. The van der Waals surface area contributed by atoms with Gasteiger partial charge in [0.15, 0.2) is 0 Å². The Balaban J connectivity index is -0.000000217. The molecule has 1 fully saturated rings. The lowest BCUT2D eigenvalue weighted by molar-refractivity contribution is -0.274. The van der Waals surface area contributed by atoms with Gasteiger partial charge in [0.05, 0.1) is 0 Å². The van der Waals surface area contributed by atoms with Gasteiger partial charge < -0.3 is 15.0 Å². The first-order valence-corrected chi connectivity index (χ1v) is 11.1. The smallest absolute Gasteiger partial charge is 0.412 e. The molecule has 0 amide bonds. The van der Waals surface area contributed by atoms with Crippen LogP contribution in [0.15, 0.2) is 41.5 Å². The van der Waals surface area contributed by atoms with Crippen molar-refractivity contribution in [2.75, 3.05) is 7.05 Å². The van der Waals surface area contributed by atoms with Crippen LogP contribution in [0.2, 0.25) is 0 Å². The van der Waals surface area contributed by atoms with Gasteiger partial charge in [0, 0.05) is 33.1 Å². The van der Waals surface area contributed by atoms with Crippen LogP contribution in [0.3, 0.4) is 0 Å². The second kappa shape index (κ2) is 17.7. The van der Waals surface area contributed by atoms with Gasteiger partial charge in [-0.3, -0.25) is 9.98 Å². The monoisotopic (exact) mass is 488 g/mol. The molecule has 3 rings (SSSR count). The molecule has 196 valence electrons. The Morgan fingerprint density at radius 2 is 1.74 bits per heavy atom. The van der Waals surface area contributed by atoms with Crippen LogP contribution in [0.5, 0.6) is 5.75 Å². The number of alkyl halides is 3. The average molecular weight is 489 g/mol. The molecular weight excluding hydrogens is 445 g/mol. The van der Waals surface area contributed by atoms with E-state index in [-0.39, 0.29) is 14.1 Å². The second-order valence-electron chi connectivity index (χ2n) is 7.70. The Labute approximate surface area is 204 Å². The molecule has 0 atom stereocenters. The summed E-state index contributed by atoms with van der Waals surface area (Å²) in [4.78, 5) is 16.7. The van der Waals surface area contributed by atoms with Crippen molar-refractivity contribution in [2.45, 2.75) is 73.1 Å². The van der Waals surface area contributed by atoms with Crippen LogP contribution in [-0.4, -0.2) is 36.4 Å². The van der Waals surface area contributed by atoms with Crippen molar-refractivity contribution in [1.82, 2.24) is 4.98 Å². The van der Waals surface area contributed by atoms with Crippen molar-refractivity contribution in [2.24, 2.45) is 10.9 Å². The molecule has 8 heteroatoms. The van der Waals surface area contributed by atoms with E-state index in [1.165, 1.54) is 41.8 Å². The van der Waals surface area contributed by atoms with Gasteiger partial charge in [0.2, 0.25) is 0 Å². The number of hydrogen-bond acceptors (Lipinski definition) is 4. The van der Waals surface area contributed by atoms with Gasteiger partial charge in [-0.2, -0.15) is 0 Å². The van der Waals surface area contributed by atoms with E-state index in [1.807, 2.05) is 33.0 Å². The molecule has 2 aromatic rings. The maximum Gasteiger partial charge on any atom is 0.573 e. The number of ether oxygens (including phenoxy) is 1. The van der Waals surface area contributed by atoms with Crippen LogP contribution in [0.4, 0.5) is 13.2 Å². The second-order valence-corrected chi connectivity index (χ2v) is 7.70. The first kappa shape index (κ1) is 33.4. The number of hydrogen-bond donors (Lipinski definition) is 0. The maximum atomic E-state index is 11.8. The first-order valence-electron chi connectivity index (χ1n) is 11.1. The number of aromatic nitrogens is 1. The van der Waals surface area contributed by atoms with Crippen LogP contribution in [0.25, 0.3) is 0 Å². The third-order valence-corrected chi connectivity index (χ3v) is 4.84. The minimum absolute atomic E-state index is 0. The molecule has 34 heavy (non-hydrogen) atoms. The Hall–Kier alpha value is -2.74. The molecule has 0 spiro atoms. The molecule has 1 heterocycles. The van der Waals surface area contributed by atoms with Crippen LogP contribution in [0.1, 0.15) is 71.7 Å². The average Bonchev–Trinajstić information content (AvgIpc) is 3.56. The van der Waals surface area contributed by atoms with Crippen molar-refractivity contribution in [3.05, 3.63) is 58.9 Å². The van der Waals surface area contributed by atoms with E-state index < -0.39 is 6.36 Å². The van der Waals surface area contributed by atoms with Gasteiger partial charge in [-0.15, -0.1) is 13.2 Å². The number of carbonyl (C=O) groups is 1. The molecule has 5 nitrogen and oxygen atoms in total. The van der Waals surface area contributed by atoms with E-state index in [4.69, 9.17) is 4.79 Å². The highest BCUT2D eigenvalue weighted by Crippen LogP contribution is 2.27. The standard InChI is InChI=1S/C12H18N2.C9H9F3O.C4H8.CH2O.H2O.2H2/c1-5-6-11(13-4)12-9(2)7-8-14-10(12)3;1-2-7-5-3-4-6-8(7)13-9(10,11)12;1-4-2-3-4;1-2;;;/h7-8H,5-6H2,1-4H3;3-6H,2H2,1H3;4H,2-3H2,1H3;1H2;1H2;2*1H. The van der Waals surface area contributed by atoms with Gasteiger partial charge >= 0.3 is 6.36 Å². The summed E-state index contributed by atoms with van der Waals surface area (Å²) in [5, 5.41) is 0. The molecule has 0 saturated heterocycles. The molecule has 1 aliphatic rings. The lowest BCUT2D eigenvalue weighted by Gasteiger charge is -2.11. The van der Waals surface area contributed by atoms with Gasteiger partial charge in [0.25, 0.3) is 0 Å². The molecule has 1 aliphatic carbocycles. The number of pyridine rings is 1. The summed E-state index contributed by atoms with van der Waals surface area (Å²) in [6, 6.07) is 8.17. The van der Waals surface area contributed by atoms with Gasteiger partial charge in [-0.1, -0.05) is 58.2 Å². The normalized spacial score (nSPS) is 12.4. The molecule has 1 saturated carbocycles. The molecule has 0 bridgehead atoms. The van der Waals surface area contributed by atoms with Crippen LogP contribution >= 0.6 is 0 Å². The van der Waals surface area contributed by atoms with Crippen LogP contribution in [-0.2, 0) is 11.2 Å². The van der Waals surface area contributed by atoms with Crippen LogP contribution < -0.4 is 4.74 Å². The van der Waals surface area contributed by atoms with Crippen molar-refractivity contribution in [1.29, 1.82) is 0 Å².